The second-order valence-electron chi connectivity index (χ2n) is 5.61. The first-order valence-electron chi connectivity index (χ1n) is 8.22. The van der Waals surface area contributed by atoms with Crippen molar-refractivity contribution in [3.8, 4) is 5.75 Å². The number of anilines is 2. The quantitative estimate of drug-likeness (QED) is 0.686. The molecule has 2 N–H and O–H groups in total. The van der Waals surface area contributed by atoms with E-state index in [9.17, 15) is 18.3 Å². The van der Waals surface area contributed by atoms with Crippen LogP contribution in [0.4, 0.5) is 11.4 Å². The summed E-state index contributed by atoms with van der Waals surface area (Å²) in [7, 11) is -2.72. The van der Waals surface area contributed by atoms with Gasteiger partial charge in [0.2, 0.25) is 0 Å². The molecule has 27 heavy (non-hydrogen) atoms. The van der Waals surface area contributed by atoms with Crippen molar-refractivity contribution in [2.24, 2.45) is 0 Å². The summed E-state index contributed by atoms with van der Waals surface area (Å²) in [5, 5.41) is 9.49. The van der Waals surface area contributed by atoms with E-state index in [0.717, 1.165) is 0 Å². The number of halogens is 1. The van der Waals surface area contributed by atoms with E-state index in [1.165, 1.54) is 37.4 Å². The van der Waals surface area contributed by atoms with Gasteiger partial charge in [0.05, 0.1) is 24.0 Å². The van der Waals surface area contributed by atoms with E-state index >= 15 is 0 Å². The van der Waals surface area contributed by atoms with Gasteiger partial charge in [0.25, 0.3) is 10.0 Å². The summed E-state index contributed by atoms with van der Waals surface area (Å²) in [6.45, 7) is 5.09. The van der Waals surface area contributed by atoms with Gasteiger partial charge in [-0.1, -0.05) is 11.6 Å². The number of carbonyl (C=O) groups is 1. The Morgan fingerprint density at radius 3 is 2.41 bits per heavy atom. The molecule has 0 saturated heterocycles. The second kappa shape index (κ2) is 8.49. The zero-order chi connectivity index (χ0) is 20.2. The van der Waals surface area contributed by atoms with Crippen LogP contribution >= 0.6 is 11.6 Å². The largest absolute Gasteiger partial charge is 0.495 e. The highest BCUT2D eigenvalue weighted by molar-refractivity contribution is 7.92. The molecule has 0 atom stereocenters. The molecule has 7 nitrogen and oxygen atoms in total. The number of ether oxygens (including phenoxy) is 1. The normalized spacial score (nSPS) is 11.1. The van der Waals surface area contributed by atoms with Crippen LogP contribution < -0.4 is 14.4 Å². The number of carboxylic acids is 1. The summed E-state index contributed by atoms with van der Waals surface area (Å²) in [6.07, 6.45) is 0. The number of sulfonamides is 1. The summed E-state index contributed by atoms with van der Waals surface area (Å²) in [5.74, 6) is -1.02. The Morgan fingerprint density at radius 1 is 1.19 bits per heavy atom. The maximum absolute atomic E-state index is 13.0. The molecule has 2 rings (SSSR count). The molecule has 0 spiro atoms. The first kappa shape index (κ1) is 20.9. The van der Waals surface area contributed by atoms with Crippen LogP contribution in [0.2, 0.25) is 5.02 Å². The van der Waals surface area contributed by atoms with Crippen LogP contribution in [-0.4, -0.2) is 39.7 Å². The molecule has 0 radical (unpaired) electrons. The molecule has 0 fully saturated rings. The van der Waals surface area contributed by atoms with Crippen molar-refractivity contribution in [1.29, 1.82) is 0 Å². The fourth-order valence-electron chi connectivity index (χ4n) is 2.65. The van der Waals surface area contributed by atoms with E-state index in [-0.39, 0.29) is 26.9 Å². The molecule has 0 aliphatic rings. The van der Waals surface area contributed by atoms with Crippen LogP contribution in [-0.2, 0) is 10.0 Å². The van der Waals surface area contributed by atoms with Crippen LogP contribution in [0, 0.1) is 0 Å². The molecule has 0 aliphatic carbocycles. The SMILES string of the molecule is CCN(CC)c1ccc(C(=O)O)cc1NS(=O)(=O)c1cc(Cl)ccc1OC. The van der Waals surface area contributed by atoms with Crippen molar-refractivity contribution in [2.45, 2.75) is 18.7 Å². The highest BCUT2D eigenvalue weighted by Crippen LogP contribution is 2.33. The Labute approximate surface area is 163 Å². The fourth-order valence-corrected chi connectivity index (χ4v) is 4.15. The Hall–Kier alpha value is -2.45. The van der Waals surface area contributed by atoms with Gasteiger partial charge in [-0.15, -0.1) is 0 Å². The van der Waals surface area contributed by atoms with Gasteiger partial charge in [-0.05, 0) is 50.2 Å². The number of aromatic carboxylic acids is 1. The van der Waals surface area contributed by atoms with Crippen LogP contribution in [0.3, 0.4) is 0 Å². The minimum atomic E-state index is -4.07. The molecule has 0 saturated carbocycles. The number of carboxylic acid groups (broad SMARTS) is 1. The van der Waals surface area contributed by atoms with Crippen LogP contribution in [0.15, 0.2) is 41.3 Å². The molecular weight excluding hydrogens is 392 g/mol. The first-order valence-corrected chi connectivity index (χ1v) is 10.1. The van der Waals surface area contributed by atoms with Gasteiger partial charge in [0, 0.05) is 18.1 Å². The smallest absolute Gasteiger partial charge is 0.335 e. The average Bonchev–Trinajstić information content (AvgIpc) is 2.63. The van der Waals surface area contributed by atoms with Gasteiger partial charge in [0.1, 0.15) is 10.6 Å². The van der Waals surface area contributed by atoms with Gasteiger partial charge in [-0.2, -0.15) is 0 Å². The maximum Gasteiger partial charge on any atom is 0.335 e. The zero-order valence-electron chi connectivity index (χ0n) is 15.2. The first-order chi connectivity index (χ1) is 12.7. The molecule has 0 aromatic heterocycles. The summed E-state index contributed by atoms with van der Waals surface area (Å²) in [6, 6.07) is 8.57. The van der Waals surface area contributed by atoms with E-state index in [4.69, 9.17) is 16.3 Å². The van der Waals surface area contributed by atoms with Crippen molar-refractivity contribution in [1.82, 2.24) is 0 Å². The number of rotatable bonds is 8. The van der Waals surface area contributed by atoms with Crippen LogP contribution in [0.1, 0.15) is 24.2 Å². The topological polar surface area (TPSA) is 95.9 Å². The monoisotopic (exact) mass is 412 g/mol. The Kier molecular flexibility index (Phi) is 6.56. The molecule has 2 aromatic carbocycles. The zero-order valence-corrected chi connectivity index (χ0v) is 16.8. The molecule has 0 unspecified atom stereocenters. The lowest BCUT2D eigenvalue weighted by Gasteiger charge is -2.25. The van der Waals surface area contributed by atoms with Crippen molar-refractivity contribution < 1.29 is 23.1 Å². The molecule has 0 aliphatic heterocycles. The minimum absolute atomic E-state index is 0.0262. The molecule has 0 bridgehead atoms. The van der Waals surface area contributed by atoms with Crippen LogP contribution in [0.5, 0.6) is 5.75 Å². The molecule has 2 aromatic rings. The highest BCUT2D eigenvalue weighted by Gasteiger charge is 2.23. The number of hydrogen-bond acceptors (Lipinski definition) is 5. The fraction of sp³-hybridized carbons (Fsp3) is 0.278. The summed E-state index contributed by atoms with van der Waals surface area (Å²) >= 11 is 5.94. The van der Waals surface area contributed by atoms with Gasteiger partial charge in [0.15, 0.2) is 0 Å². The van der Waals surface area contributed by atoms with Crippen LogP contribution in [0.25, 0.3) is 0 Å². The van der Waals surface area contributed by atoms with Gasteiger partial charge >= 0.3 is 5.97 Å². The number of benzene rings is 2. The van der Waals surface area contributed by atoms with E-state index in [1.807, 2.05) is 18.7 Å². The minimum Gasteiger partial charge on any atom is -0.495 e. The Bertz CT molecular complexity index is 943. The van der Waals surface area contributed by atoms with Crippen molar-refractivity contribution in [2.75, 3.05) is 29.8 Å². The maximum atomic E-state index is 13.0. The molecule has 0 heterocycles. The average molecular weight is 413 g/mol. The molecule has 0 amide bonds. The lowest BCUT2D eigenvalue weighted by molar-refractivity contribution is 0.0697. The van der Waals surface area contributed by atoms with Gasteiger partial charge in [-0.3, -0.25) is 4.72 Å². The number of hydrogen-bond donors (Lipinski definition) is 2. The standard InChI is InChI=1S/C18H21ClN2O5S/c1-4-21(5-2)15-8-6-12(18(22)23)10-14(15)20-27(24,25)17-11-13(19)7-9-16(17)26-3/h6-11,20H,4-5H2,1-3H3,(H,22,23). The Balaban J connectivity index is 2.58. The molecular formula is C18H21ClN2O5S. The number of methoxy groups -OCH3 is 1. The number of nitrogens with zero attached hydrogens (tertiary/aromatic N) is 1. The Morgan fingerprint density at radius 2 is 1.85 bits per heavy atom. The molecule has 146 valence electrons. The predicted molar refractivity (Wildman–Crippen MR) is 106 cm³/mol. The lowest BCUT2D eigenvalue weighted by atomic mass is 10.1. The van der Waals surface area contributed by atoms with Gasteiger partial charge in [-0.25, -0.2) is 13.2 Å². The second-order valence-corrected chi connectivity index (χ2v) is 7.70. The summed E-state index contributed by atoms with van der Waals surface area (Å²) in [4.78, 5) is 13.1. The van der Waals surface area contributed by atoms with Crippen molar-refractivity contribution in [3.05, 3.63) is 47.0 Å². The predicted octanol–water partition coefficient (Wildman–Crippen LogP) is 3.69. The third kappa shape index (κ3) is 4.64. The van der Waals surface area contributed by atoms with E-state index in [0.29, 0.717) is 18.8 Å². The molecule has 9 heteroatoms. The van der Waals surface area contributed by atoms with E-state index in [1.54, 1.807) is 6.07 Å². The van der Waals surface area contributed by atoms with Crippen molar-refractivity contribution in [3.63, 3.8) is 0 Å². The third-order valence-electron chi connectivity index (χ3n) is 4.01. The van der Waals surface area contributed by atoms with Gasteiger partial charge < -0.3 is 14.7 Å². The highest BCUT2D eigenvalue weighted by atomic mass is 35.5. The number of nitrogens with one attached hydrogen (secondary N) is 1. The lowest BCUT2D eigenvalue weighted by Crippen LogP contribution is -2.24. The van der Waals surface area contributed by atoms with E-state index < -0.39 is 16.0 Å². The third-order valence-corrected chi connectivity index (χ3v) is 5.63. The van der Waals surface area contributed by atoms with Crippen molar-refractivity contribution >= 4 is 39.0 Å². The van der Waals surface area contributed by atoms with E-state index in [2.05, 4.69) is 4.72 Å². The summed E-state index contributed by atoms with van der Waals surface area (Å²) in [5.41, 5.74) is 0.719. The summed E-state index contributed by atoms with van der Waals surface area (Å²) < 4.78 is 33.5.